The van der Waals surface area contributed by atoms with E-state index in [9.17, 15) is 4.79 Å². The van der Waals surface area contributed by atoms with Crippen LogP contribution in [0.15, 0.2) is 52.7 Å². The SMILES string of the molecule is Cl.O=C(O)C1=C2C=CN=C3C=CC=CC32SC1. The lowest BCUT2D eigenvalue weighted by molar-refractivity contribution is -0.132. The second-order valence-electron chi connectivity index (χ2n) is 3.77. The Bertz CT molecular complexity index is 531. The van der Waals surface area contributed by atoms with Crippen molar-refractivity contribution in [2.45, 2.75) is 4.75 Å². The van der Waals surface area contributed by atoms with Gasteiger partial charge >= 0.3 is 5.97 Å². The van der Waals surface area contributed by atoms with E-state index in [-0.39, 0.29) is 17.2 Å². The van der Waals surface area contributed by atoms with E-state index in [4.69, 9.17) is 5.11 Å². The number of carboxylic acids is 1. The normalized spacial score (nSPS) is 28.4. The van der Waals surface area contributed by atoms with Crippen molar-refractivity contribution < 1.29 is 9.90 Å². The minimum atomic E-state index is -0.826. The standard InChI is InChI=1S/C12H9NO2S.ClH/c14-11(15)8-7-16-12-5-2-1-3-10(12)13-6-4-9(8)12;/h1-6H,7H2,(H,14,15);1H. The Labute approximate surface area is 109 Å². The van der Waals surface area contributed by atoms with Gasteiger partial charge < -0.3 is 5.11 Å². The van der Waals surface area contributed by atoms with E-state index in [2.05, 4.69) is 4.99 Å². The topological polar surface area (TPSA) is 49.7 Å². The minimum Gasteiger partial charge on any atom is -0.478 e. The van der Waals surface area contributed by atoms with Crippen molar-refractivity contribution in [1.29, 1.82) is 0 Å². The molecular weight excluding hydrogens is 258 g/mol. The Morgan fingerprint density at radius 2 is 2.24 bits per heavy atom. The van der Waals surface area contributed by atoms with E-state index in [0.717, 1.165) is 11.3 Å². The first-order valence-electron chi connectivity index (χ1n) is 4.96. The molecule has 0 bridgehead atoms. The van der Waals surface area contributed by atoms with Crippen molar-refractivity contribution >= 4 is 35.8 Å². The van der Waals surface area contributed by atoms with Gasteiger partial charge in [-0.05, 0) is 17.7 Å². The number of nitrogens with zero attached hydrogens (tertiary/aromatic N) is 1. The summed E-state index contributed by atoms with van der Waals surface area (Å²) in [5, 5.41) is 9.15. The van der Waals surface area contributed by atoms with Crippen LogP contribution < -0.4 is 0 Å². The summed E-state index contributed by atoms with van der Waals surface area (Å²) in [4.78, 5) is 15.5. The Hall–Kier alpha value is -1.26. The van der Waals surface area contributed by atoms with Crippen LogP contribution in [0, 0.1) is 0 Å². The number of aliphatic carboxylic acids is 1. The first kappa shape index (κ1) is 12.2. The average molecular weight is 268 g/mol. The maximum absolute atomic E-state index is 11.1. The van der Waals surface area contributed by atoms with Crippen LogP contribution in [0.1, 0.15) is 0 Å². The van der Waals surface area contributed by atoms with Crippen molar-refractivity contribution in [2.75, 3.05) is 5.75 Å². The van der Waals surface area contributed by atoms with E-state index < -0.39 is 5.97 Å². The molecule has 1 spiro atoms. The molecule has 0 saturated heterocycles. The third-order valence-electron chi connectivity index (χ3n) is 2.96. The number of rotatable bonds is 1. The molecule has 0 aromatic heterocycles. The zero-order valence-corrected chi connectivity index (χ0v) is 10.4. The van der Waals surface area contributed by atoms with Crippen LogP contribution in [-0.2, 0) is 4.79 Å². The fourth-order valence-electron chi connectivity index (χ4n) is 2.19. The zero-order chi connectivity index (χ0) is 11.2. The molecule has 0 saturated carbocycles. The molecule has 1 unspecified atom stereocenters. The van der Waals surface area contributed by atoms with Gasteiger partial charge in [0.25, 0.3) is 0 Å². The van der Waals surface area contributed by atoms with Crippen LogP contribution in [0.4, 0.5) is 0 Å². The maximum atomic E-state index is 11.1. The summed E-state index contributed by atoms with van der Waals surface area (Å²) in [6.45, 7) is 0. The van der Waals surface area contributed by atoms with Crippen LogP contribution in [-0.4, -0.2) is 27.3 Å². The van der Waals surface area contributed by atoms with Gasteiger partial charge in [0.05, 0.1) is 11.3 Å². The van der Waals surface area contributed by atoms with Gasteiger partial charge in [0.1, 0.15) is 4.75 Å². The number of aliphatic imine (C=N–C) groups is 1. The van der Waals surface area contributed by atoms with Crippen molar-refractivity contribution in [1.82, 2.24) is 0 Å². The van der Waals surface area contributed by atoms with Crippen molar-refractivity contribution in [2.24, 2.45) is 4.99 Å². The number of carbonyl (C=O) groups is 1. The third kappa shape index (κ3) is 1.59. The number of carboxylic acid groups (broad SMARTS) is 1. The zero-order valence-electron chi connectivity index (χ0n) is 8.79. The molecule has 2 aliphatic heterocycles. The fraction of sp³-hybridized carbons (Fsp3) is 0.167. The lowest BCUT2D eigenvalue weighted by atomic mass is 9.85. The highest BCUT2D eigenvalue weighted by atomic mass is 35.5. The summed E-state index contributed by atoms with van der Waals surface area (Å²) < 4.78 is -0.350. The molecular formula is C12H10ClNO2S. The number of allylic oxidation sites excluding steroid dienone is 4. The predicted molar refractivity (Wildman–Crippen MR) is 72.0 cm³/mol. The Balaban J connectivity index is 0.00000108. The Morgan fingerprint density at radius 3 is 3.00 bits per heavy atom. The van der Waals surface area contributed by atoms with Gasteiger partial charge in [0.15, 0.2) is 0 Å². The molecule has 5 heteroatoms. The first-order chi connectivity index (χ1) is 7.74. The molecule has 0 amide bonds. The molecule has 0 aromatic carbocycles. The van der Waals surface area contributed by atoms with Gasteiger partial charge in [-0.2, -0.15) is 0 Å². The number of hydrogen-bond donors (Lipinski definition) is 1. The molecule has 3 rings (SSSR count). The third-order valence-corrected chi connectivity index (χ3v) is 4.41. The predicted octanol–water partition coefficient (Wildman–Crippen LogP) is 2.37. The van der Waals surface area contributed by atoms with Gasteiger partial charge in [0.2, 0.25) is 0 Å². The monoisotopic (exact) mass is 267 g/mol. The van der Waals surface area contributed by atoms with E-state index >= 15 is 0 Å². The molecule has 3 aliphatic rings. The summed E-state index contributed by atoms with van der Waals surface area (Å²) in [5.74, 6) is -0.292. The average Bonchev–Trinajstić information content (AvgIpc) is 2.66. The maximum Gasteiger partial charge on any atom is 0.332 e. The van der Waals surface area contributed by atoms with Gasteiger partial charge in [-0.3, -0.25) is 4.99 Å². The molecule has 3 nitrogen and oxygen atoms in total. The molecule has 2 heterocycles. The second kappa shape index (κ2) is 4.20. The number of hydrogen-bond acceptors (Lipinski definition) is 3. The van der Waals surface area contributed by atoms with Crippen LogP contribution in [0.3, 0.4) is 0 Å². The molecule has 0 fully saturated rings. The van der Waals surface area contributed by atoms with Crippen LogP contribution in [0.25, 0.3) is 0 Å². The molecule has 1 atom stereocenters. The molecule has 1 aliphatic carbocycles. The van der Waals surface area contributed by atoms with Crippen molar-refractivity contribution in [3.8, 4) is 0 Å². The lowest BCUT2D eigenvalue weighted by Crippen LogP contribution is -2.34. The smallest absolute Gasteiger partial charge is 0.332 e. The van der Waals surface area contributed by atoms with Crippen molar-refractivity contribution in [3.63, 3.8) is 0 Å². The Kier molecular flexibility index (Phi) is 3.02. The van der Waals surface area contributed by atoms with Crippen LogP contribution in [0.5, 0.6) is 0 Å². The van der Waals surface area contributed by atoms with E-state index in [0.29, 0.717) is 11.3 Å². The van der Waals surface area contributed by atoms with Crippen LogP contribution >= 0.6 is 24.2 Å². The molecule has 0 radical (unpaired) electrons. The van der Waals surface area contributed by atoms with E-state index in [1.54, 1.807) is 18.0 Å². The second-order valence-corrected chi connectivity index (χ2v) is 4.99. The largest absolute Gasteiger partial charge is 0.478 e. The summed E-state index contributed by atoms with van der Waals surface area (Å²) >= 11 is 1.62. The van der Waals surface area contributed by atoms with Gasteiger partial charge in [-0.15, -0.1) is 24.2 Å². The summed E-state index contributed by atoms with van der Waals surface area (Å²) in [6.07, 6.45) is 11.4. The first-order valence-corrected chi connectivity index (χ1v) is 5.94. The van der Waals surface area contributed by atoms with Gasteiger partial charge in [0, 0.05) is 12.0 Å². The molecule has 88 valence electrons. The van der Waals surface area contributed by atoms with Crippen molar-refractivity contribution in [3.05, 3.63) is 47.7 Å². The molecule has 17 heavy (non-hydrogen) atoms. The highest BCUT2D eigenvalue weighted by Gasteiger charge is 2.45. The Morgan fingerprint density at radius 1 is 1.41 bits per heavy atom. The van der Waals surface area contributed by atoms with Gasteiger partial charge in [-0.25, -0.2) is 4.79 Å². The lowest BCUT2D eigenvalue weighted by Gasteiger charge is -2.30. The summed E-state index contributed by atoms with van der Waals surface area (Å²) in [6, 6.07) is 0. The fourth-order valence-corrected chi connectivity index (χ4v) is 3.64. The summed E-state index contributed by atoms with van der Waals surface area (Å²) in [7, 11) is 0. The van der Waals surface area contributed by atoms with E-state index in [1.807, 2.05) is 30.4 Å². The van der Waals surface area contributed by atoms with E-state index in [1.165, 1.54) is 0 Å². The van der Waals surface area contributed by atoms with Crippen LogP contribution in [0.2, 0.25) is 0 Å². The quantitative estimate of drug-likeness (QED) is 0.794. The summed E-state index contributed by atoms with van der Waals surface area (Å²) in [5.41, 5.74) is 2.29. The minimum absolute atomic E-state index is 0. The highest BCUT2D eigenvalue weighted by molar-refractivity contribution is 8.02. The molecule has 1 N–H and O–H groups in total. The number of halogens is 1. The van der Waals surface area contributed by atoms with Gasteiger partial charge in [-0.1, -0.05) is 18.2 Å². The number of thioether (sulfide) groups is 1. The highest BCUT2D eigenvalue weighted by Crippen LogP contribution is 2.48. The molecule has 0 aromatic rings.